The molecule has 0 amide bonds. The number of guanidine groups is 1. The Hall–Kier alpha value is -0.820. The summed E-state index contributed by atoms with van der Waals surface area (Å²) in [6.45, 7) is 8.10. The van der Waals surface area contributed by atoms with Gasteiger partial charge in [0.2, 0.25) is 0 Å². The fraction of sp³-hybridized carbons (Fsp3) is 0.533. The summed E-state index contributed by atoms with van der Waals surface area (Å²) in [4.78, 5) is 4.46. The molecule has 1 aromatic rings. The molecule has 0 aliphatic carbocycles. The predicted molar refractivity (Wildman–Crippen MR) is 95.8 cm³/mol. The van der Waals surface area contributed by atoms with E-state index in [-0.39, 0.29) is 24.0 Å². The van der Waals surface area contributed by atoms with Gasteiger partial charge in [-0.3, -0.25) is 4.99 Å². The maximum atomic E-state index is 5.61. The summed E-state index contributed by atoms with van der Waals surface area (Å²) in [6.07, 6.45) is 0.938. The van der Waals surface area contributed by atoms with E-state index in [2.05, 4.69) is 41.6 Å². The lowest BCUT2D eigenvalue weighted by molar-refractivity contribution is 0.120. The van der Waals surface area contributed by atoms with Crippen LogP contribution in [0.15, 0.2) is 35.3 Å². The Kier molecular flexibility index (Phi) is 12.6. The molecule has 0 aliphatic heterocycles. The van der Waals surface area contributed by atoms with Crippen LogP contribution in [0.1, 0.15) is 25.8 Å². The third-order valence-corrected chi connectivity index (χ3v) is 2.52. The van der Waals surface area contributed by atoms with Gasteiger partial charge in [-0.05, 0) is 25.8 Å². The highest BCUT2D eigenvalue weighted by Crippen LogP contribution is 2.00. The Labute approximate surface area is 139 Å². The van der Waals surface area contributed by atoms with Crippen LogP contribution in [-0.4, -0.2) is 32.2 Å². The number of hydrogen-bond donors (Lipinski definition) is 2. The van der Waals surface area contributed by atoms with Crippen molar-refractivity contribution in [2.45, 2.75) is 26.9 Å². The van der Waals surface area contributed by atoms with Gasteiger partial charge >= 0.3 is 0 Å². The highest BCUT2D eigenvalue weighted by molar-refractivity contribution is 14.0. The number of nitrogens with one attached hydrogen (secondary N) is 2. The van der Waals surface area contributed by atoms with Crippen molar-refractivity contribution in [2.24, 2.45) is 4.99 Å². The zero-order chi connectivity index (χ0) is 13.8. The van der Waals surface area contributed by atoms with E-state index in [0.717, 1.165) is 38.6 Å². The van der Waals surface area contributed by atoms with Crippen LogP contribution in [-0.2, 0) is 11.3 Å². The summed E-state index contributed by atoms with van der Waals surface area (Å²) in [5.41, 5.74) is 1.21. The largest absolute Gasteiger partial charge is 0.377 e. The summed E-state index contributed by atoms with van der Waals surface area (Å²) in [7, 11) is 0. The summed E-state index contributed by atoms with van der Waals surface area (Å²) in [5, 5.41) is 6.40. The molecule has 0 radical (unpaired) electrons. The third-order valence-electron chi connectivity index (χ3n) is 2.52. The zero-order valence-corrected chi connectivity index (χ0v) is 14.7. The second-order valence-electron chi connectivity index (χ2n) is 4.18. The number of rotatable bonds is 8. The van der Waals surface area contributed by atoms with Gasteiger partial charge < -0.3 is 15.4 Å². The van der Waals surface area contributed by atoms with Crippen LogP contribution in [0.3, 0.4) is 0 Å². The van der Waals surface area contributed by atoms with Crippen molar-refractivity contribution in [3.8, 4) is 0 Å². The molecule has 4 nitrogen and oxygen atoms in total. The molecule has 0 aliphatic rings. The van der Waals surface area contributed by atoms with Gasteiger partial charge in [0.1, 0.15) is 0 Å². The first-order valence-corrected chi connectivity index (χ1v) is 7.00. The SMILES string of the molecule is CCNC(=NCCCOCc1ccccc1)NCC.I. The summed E-state index contributed by atoms with van der Waals surface area (Å²) in [5.74, 6) is 0.882. The van der Waals surface area contributed by atoms with E-state index in [0.29, 0.717) is 6.61 Å². The molecule has 1 aromatic carbocycles. The number of ether oxygens (including phenoxy) is 1. The topological polar surface area (TPSA) is 45.7 Å². The molecule has 0 fully saturated rings. The van der Waals surface area contributed by atoms with E-state index in [9.17, 15) is 0 Å². The Bertz CT molecular complexity index is 349. The summed E-state index contributed by atoms with van der Waals surface area (Å²) < 4.78 is 5.61. The highest BCUT2D eigenvalue weighted by Gasteiger charge is 1.94. The van der Waals surface area contributed by atoms with Crippen LogP contribution in [0.25, 0.3) is 0 Å². The number of hydrogen-bond acceptors (Lipinski definition) is 2. The number of halogens is 1. The first kappa shape index (κ1) is 19.2. The van der Waals surface area contributed by atoms with Crippen LogP contribution >= 0.6 is 24.0 Å². The van der Waals surface area contributed by atoms with Gasteiger partial charge in [0.25, 0.3) is 0 Å². The molecule has 20 heavy (non-hydrogen) atoms. The molecule has 0 saturated carbocycles. The van der Waals surface area contributed by atoms with Gasteiger partial charge in [-0.25, -0.2) is 0 Å². The molecule has 0 heterocycles. The predicted octanol–water partition coefficient (Wildman–Crippen LogP) is 2.79. The quantitative estimate of drug-likeness (QED) is 0.310. The average molecular weight is 391 g/mol. The van der Waals surface area contributed by atoms with Crippen molar-refractivity contribution < 1.29 is 4.74 Å². The minimum absolute atomic E-state index is 0. The lowest BCUT2D eigenvalue weighted by atomic mass is 10.2. The van der Waals surface area contributed by atoms with Crippen LogP contribution in [0.4, 0.5) is 0 Å². The number of aliphatic imine (C=N–C) groups is 1. The molecule has 0 aromatic heterocycles. The molecule has 0 bridgehead atoms. The highest BCUT2D eigenvalue weighted by atomic mass is 127. The fourth-order valence-electron chi connectivity index (χ4n) is 1.63. The van der Waals surface area contributed by atoms with Gasteiger partial charge in [0.05, 0.1) is 6.61 Å². The minimum Gasteiger partial charge on any atom is -0.377 e. The van der Waals surface area contributed by atoms with Crippen LogP contribution < -0.4 is 10.6 Å². The zero-order valence-electron chi connectivity index (χ0n) is 12.4. The van der Waals surface area contributed by atoms with Crippen molar-refractivity contribution in [3.63, 3.8) is 0 Å². The maximum absolute atomic E-state index is 5.61. The van der Waals surface area contributed by atoms with Gasteiger partial charge in [0.15, 0.2) is 5.96 Å². The van der Waals surface area contributed by atoms with Gasteiger partial charge in [-0.15, -0.1) is 24.0 Å². The lowest BCUT2D eigenvalue weighted by Gasteiger charge is -2.09. The first-order valence-electron chi connectivity index (χ1n) is 7.00. The normalized spacial score (nSPS) is 9.50. The van der Waals surface area contributed by atoms with Crippen LogP contribution in [0.2, 0.25) is 0 Å². The summed E-state index contributed by atoms with van der Waals surface area (Å²) in [6, 6.07) is 10.2. The molecular formula is C15H26IN3O. The van der Waals surface area contributed by atoms with E-state index < -0.39 is 0 Å². The number of benzene rings is 1. The van der Waals surface area contributed by atoms with Gasteiger partial charge in [-0.1, -0.05) is 30.3 Å². The molecule has 5 heteroatoms. The van der Waals surface area contributed by atoms with Crippen molar-refractivity contribution in [3.05, 3.63) is 35.9 Å². The molecule has 0 spiro atoms. The maximum Gasteiger partial charge on any atom is 0.191 e. The van der Waals surface area contributed by atoms with E-state index >= 15 is 0 Å². The molecule has 0 unspecified atom stereocenters. The summed E-state index contributed by atoms with van der Waals surface area (Å²) >= 11 is 0. The van der Waals surface area contributed by atoms with Crippen molar-refractivity contribution in [1.29, 1.82) is 0 Å². The molecule has 0 atom stereocenters. The molecule has 2 N–H and O–H groups in total. The van der Waals surface area contributed by atoms with Gasteiger partial charge in [0, 0.05) is 26.2 Å². The first-order chi connectivity index (χ1) is 9.36. The van der Waals surface area contributed by atoms with E-state index in [1.54, 1.807) is 0 Å². The molecule has 114 valence electrons. The monoisotopic (exact) mass is 391 g/mol. The Balaban J connectivity index is 0.00000361. The van der Waals surface area contributed by atoms with Crippen molar-refractivity contribution in [2.75, 3.05) is 26.2 Å². The molecule has 0 saturated heterocycles. The van der Waals surface area contributed by atoms with E-state index in [1.165, 1.54) is 5.56 Å². The van der Waals surface area contributed by atoms with Crippen molar-refractivity contribution in [1.82, 2.24) is 10.6 Å². The molecule has 1 rings (SSSR count). The lowest BCUT2D eigenvalue weighted by Crippen LogP contribution is -2.37. The second kappa shape index (κ2) is 13.2. The van der Waals surface area contributed by atoms with Crippen LogP contribution in [0, 0.1) is 0 Å². The Morgan fingerprint density at radius 1 is 1.10 bits per heavy atom. The standard InChI is InChI=1S/C15H25N3O.HI/c1-3-16-15(17-4-2)18-11-8-12-19-13-14-9-6-5-7-10-14;/h5-7,9-10H,3-4,8,11-13H2,1-2H3,(H2,16,17,18);1H. The Morgan fingerprint density at radius 3 is 2.35 bits per heavy atom. The number of nitrogens with zero attached hydrogens (tertiary/aromatic N) is 1. The van der Waals surface area contributed by atoms with E-state index in [1.807, 2.05) is 18.2 Å². The Morgan fingerprint density at radius 2 is 1.75 bits per heavy atom. The minimum atomic E-state index is 0. The molecular weight excluding hydrogens is 365 g/mol. The third kappa shape index (κ3) is 9.14. The van der Waals surface area contributed by atoms with E-state index in [4.69, 9.17) is 4.74 Å². The van der Waals surface area contributed by atoms with Crippen molar-refractivity contribution >= 4 is 29.9 Å². The average Bonchev–Trinajstić information content (AvgIpc) is 2.44. The fourth-order valence-corrected chi connectivity index (χ4v) is 1.63. The van der Waals surface area contributed by atoms with Crippen LogP contribution in [0.5, 0.6) is 0 Å². The smallest absolute Gasteiger partial charge is 0.191 e. The second-order valence-corrected chi connectivity index (χ2v) is 4.18. The van der Waals surface area contributed by atoms with Gasteiger partial charge in [-0.2, -0.15) is 0 Å².